The predicted octanol–water partition coefficient (Wildman–Crippen LogP) is -0.302. The van der Waals surface area contributed by atoms with Crippen molar-refractivity contribution in [1.82, 2.24) is 10.2 Å². The minimum Gasteiger partial charge on any atom is -0.475 e. The fourth-order valence-corrected chi connectivity index (χ4v) is 1.86. The zero-order chi connectivity index (χ0) is 14.7. The van der Waals surface area contributed by atoms with Crippen LogP contribution in [0.5, 0.6) is 0 Å². The van der Waals surface area contributed by atoms with Crippen molar-refractivity contribution in [1.29, 1.82) is 0 Å². The van der Waals surface area contributed by atoms with Gasteiger partial charge in [0.2, 0.25) is 5.91 Å². The van der Waals surface area contributed by atoms with E-state index in [9.17, 15) is 18.0 Å². The van der Waals surface area contributed by atoms with E-state index in [0.717, 1.165) is 26.2 Å². The zero-order valence-corrected chi connectivity index (χ0v) is 10.3. The average Bonchev–Trinajstić information content (AvgIpc) is 2.12. The molecule has 110 valence electrons. The molecule has 9 heteroatoms. The molecule has 2 aliphatic rings. The van der Waals surface area contributed by atoms with Crippen molar-refractivity contribution >= 4 is 11.9 Å². The van der Waals surface area contributed by atoms with E-state index in [0.29, 0.717) is 5.41 Å². The second-order valence-electron chi connectivity index (χ2n) is 4.59. The van der Waals surface area contributed by atoms with Crippen molar-refractivity contribution in [3.63, 3.8) is 0 Å². The van der Waals surface area contributed by atoms with Crippen LogP contribution in [0.1, 0.15) is 0 Å². The van der Waals surface area contributed by atoms with Crippen molar-refractivity contribution in [2.75, 3.05) is 39.9 Å². The van der Waals surface area contributed by atoms with Gasteiger partial charge in [0.1, 0.15) is 6.61 Å². The number of nitrogens with zero attached hydrogens (tertiary/aromatic N) is 1. The lowest BCUT2D eigenvalue weighted by atomic mass is 9.74. The van der Waals surface area contributed by atoms with E-state index < -0.39 is 12.1 Å². The number of methoxy groups -OCH3 is 1. The molecule has 0 aliphatic carbocycles. The number of hydrogen-bond donors (Lipinski definition) is 2. The molecule has 0 aromatic rings. The molecule has 0 aromatic carbocycles. The molecule has 2 aliphatic heterocycles. The van der Waals surface area contributed by atoms with E-state index in [1.165, 1.54) is 0 Å². The Morgan fingerprint density at radius 2 is 1.84 bits per heavy atom. The first-order chi connectivity index (χ1) is 8.70. The first-order valence-corrected chi connectivity index (χ1v) is 5.48. The molecule has 19 heavy (non-hydrogen) atoms. The number of carboxylic acids is 1. The summed E-state index contributed by atoms with van der Waals surface area (Å²) in [6.07, 6.45) is -5.08. The van der Waals surface area contributed by atoms with Gasteiger partial charge in [-0.25, -0.2) is 4.79 Å². The highest BCUT2D eigenvalue weighted by Crippen LogP contribution is 2.33. The Morgan fingerprint density at radius 3 is 2.11 bits per heavy atom. The summed E-state index contributed by atoms with van der Waals surface area (Å²) in [5, 5.41) is 10.4. The fourth-order valence-electron chi connectivity index (χ4n) is 1.86. The average molecular weight is 284 g/mol. The van der Waals surface area contributed by atoms with Gasteiger partial charge in [-0.05, 0) is 0 Å². The number of rotatable bonds is 2. The molecule has 0 bridgehead atoms. The maximum Gasteiger partial charge on any atom is 0.490 e. The summed E-state index contributed by atoms with van der Waals surface area (Å²) in [5.41, 5.74) is 0.434. The molecule has 0 aromatic heterocycles. The number of hydrogen-bond acceptors (Lipinski definition) is 4. The number of halogens is 3. The number of carbonyl (C=O) groups is 2. The molecular weight excluding hydrogens is 269 g/mol. The Kier molecular flexibility index (Phi) is 4.75. The number of amides is 1. The van der Waals surface area contributed by atoms with E-state index in [4.69, 9.17) is 14.6 Å². The first-order valence-electron chi connectivity index (χ1n) is 5.48. The van der Waals surface area contributed by atoms with E-state index >= 15 is 0 Å². The van der Waals surface area contributed by atoms with Crippen LogP contribution < -0.4 is 5.32 Å². The third-order valence-corrected chi connectivity index (χ3v) is 2.92. The summed E-state index contributed by atoms with van der Waals surface area (Å²) >= 11 is 0. The molecule has 2 heterocycles. The summed E-state index contributed by atoms with van der Waals surface area (Å²) in [4.78, 5) is 22.0. The normalized spacial score (nSPS) is 19.9. The summed E-state index contributed by atoms with van der Waals surface area (Å²) < 4.78 is 36.5. The van der Waals surface area contributed by atoms with E-state index in [1.54, 1.807) is 7.11 Å². The van der Waals surface area contributed by atoms with Crippen LogP contribution in [0.2, 0.25) is 0 Å². The lowest BCUT2D eigenvalue weighted by Crippen LogP contribution is -2.72. The van der Waals surface area contributed by atoms with Crippen LogP contribution in [0.25, 0.3) is 0 Å². The minimum atomic E-state index is -5.08. The lowest BCUT2D eigenvalue weighted by Gasteiger charge is -2.55. The second-order valence-corrected chi connectivity index (χ2v) is 4.59. The third-order valence-electron chi connectivity index (χ3n) is 2.92. The van der Waals surface area contributed by atoms with Gasteiger partial charge in [-0.3, -0.25) is 4.79 Å². The van der Waals surface area contributed by atoms with Gasteiger partial charge in [-0.1, -0.05) is 0 Å². The highest BCUT2D eigenvalue weighted by molar-refractivity contribution is 5.78. The van der Waals surface area contributed by atoms with Gasteiger partial charge < -0.3 is 20.1 Å². The van der Waals surface area contributed by atoms with Crippen LogP contribution in [0.3, 0.4) is 0 Å². The highest BCUT2D eigenvalue weighted by Gasteiger charge is 2.48. The molecule has 0 radical (unpaired) electrons. The Morgan fingerprint density at radius 1 is 1.37 bits per heavy atom. The Balaban J connectivity index is 0.000000224. The quantitative estimate of drug-likeness (QED) is 0.728. The monoisotopic (exact) mass is 284 g/mol. The molecule has 2 rings (SSSR count). The van der Waals surface area contributed by atoms with E-state index in [-0.39, 0.29) is 12.5 Å². The van der Waals surface area contributed by atoms with Gasteiger partial charge in [0.05, 0.1) is 0 Å². The molecule has 0 atom stereocenters. The van der Waals surface area contributed by atoms with Crippen LogP contribution in [0, 0.1) is 5.41 Å². The smallest absolute Gasteiger partial charge is 0.475 e. The Hall–Kier alpha value is -1.35. The Bertz CT molecular complexity index is 347. The van der Waals surface area contributed by atoms with Crippen molar-refractivity contribution in [2.24, 2.45) is 5.41 Å². The minimum absolute atomic E-state index is 0.120. The van der Waals surface area contributed by atoms with Gasteiger partial charge in [0.15, 0.2) is 0 Å². The molecule has 2 fully saturated rings. The van der Waals surface area contributed by atoms with Gasteiger partial charge in [-0.15, -0.1) is 0 Å². The van der Waals surface area contributed by atoms with Gasteiger partial charge in [-0.2, -0.15) is 13.2 Å². The molecule has 1 spiro atoms. The van der Waals surface area contributed by atoms with Crippen LogP contribution in [0.15, 0.2) is 0 Å². The number of alkyl halides is 3. The number of ether oxygens (including phenoxy) is 1. The Labute approximate surface area is 107 Å². The first kappa shape index (κ1) is 15.7. The van der Waals surface area contributed by atoms with E-state index in [2.05, 4.69) is 5.32 Å². The SMILES string of the molecule is COCC(=O)N1CC2(CNC2)C1.O=C(O)C(F)(F)F. The number of aliphatic carboxylic acids is 1. The van der Waals surface area contributed by atoms with Crippen molar-refractivity contribution in [2.45, 2.75) is 6.18 Å². The molecule has 0 saturated carbocycles. The molecule has 1 amide bonds. The van der Waals surface area contributed by atoms with Crippen LogP contribution in [-0.4, -0.2) is 68.0 Å². The van der Waals surface area contributed by atoms with Gasteiger partial charge >= 0.3 is 12.1 Å². The van der Waals surface area contributed by atoms with Crippen molar-refractivity contribution in [3.8, 4) is 0 Å². The largest absolute Gasteiger partial charge is 0.490 e. The topological polar surface area (TPSA) is 78.9 Å². The zero-order valence-electron chi connectivity index (χ0n) is 10.3. The summed E-state index contributed by atoms with van der Waals surface area (Å²) in [6, 6.07) is 0. The molecule has 2 N–H and O–H groups in total. The van der Waals surface area contributed by atoms with Gasteiger partial charge in [0.25, 0.3) is 0 Å². The predicted molar refractivity (Wildman–Crippen MR) is 57.4 cm³/mol. The fraction of sp³-hybridized carbons (Fsp3) is 0.800. The molecule has 2 saturated heterocycles. The maximum atomic E-state index is 11.2. The summed E-state index contributed by atoms with van der Waals surface area (Å²) in [5.74, 6) is -2.64. The highest BCUT2D eigenvalue weighted by atomic mass is 19.4. The number of likely N-dealkylation sites (tertiary alicyclic amines) is 1. The summed E-state index contributed by atoms with van der Waals surface area (Å²) in [6.45, 7) is 4.21. The van der Waals surface area contributed by atoms with E-state index in [1.807, 2.05) is 4.90 Å². The van der Waals surface area contributed by atoms with Crippen molar-refractivity contribution in [3.05, 3.63) is 0 Å². The number of nitrogens with one attached hydrogen (secondary N) is 1. The molecule has 6 nitrogen and oxygen atoms in total. The third kappa shape index (κ3) is 4.06. The van der Waals surface area contributed by atoms with Crippen LogP contribution in [0.4, 0.5) is 13.2 Å². The summed E-state index contributed by atoms with van der Waals surface area (Å²) in [7, 11) is 1.55. The second kappa shape index (κ2) is 5.74. The number of carbonyl (C=O) groups excluding carboxylic acids is 1. The lowest BCUT2D eigenvalue weighted by molar-refractivity contribution is -0.192. The van der Waals surface area contributed by atoms with Crippen molar-refractivity contribution < 1.29 is 32.6 Å². The number of carboxylic acid groups (broad SMARTS) is 1. The van der Waals surface area contributed by atoms with Crippen LogP contribution >= 0.6 is 0 Å². The molecular formula is C10H15F3N2O4. The van der Waals surface area contributed by atoms with Gasteiger partial charge in [0, 0.05) is 38.7 Å². The molecule has 0 unspecified atom stereocenters. The maximum absolute atomic E-state index is 11.2. The standard InChI is InChI=1S/C8H14N2O2.C2HF3O2/c1-12-2-7(11)10-5-8(6-10)3-9-4-8;3-2(4,5)1(6)7/h9H,2-6H2,1H3;(H,6,7). The van der Waals surface area contributed by atoms with Crippen LogP contribution in [-0.2, 0) is 14.3 Å².